The van der Waals surface area contributed by atoms with Crippen LogP contribution in [0.3, 0.4) is 0 Å². The summed E-state index contributed by atoms with van der Waals surface area (Å²) < 4.78 is 6.98. The summed E-state index contributed by atoms with van der Waals surface area (Å²) in [7, 11) is 1.77. The van der Waals surface area contributed by atoms with Gasteiger partial charge in [0.2, 0.25) is 11.6 Å². The van der Waals surface area contributed by atoms with E-state index in [1.807, 2.05) is 13.8 Å². The average Bonchev–Trinajstić information content (AvgIpc) is 2.67. The zero-order valence-electron chi connectivity index (χ0n) is 9.70. The molecule has 0 saturated carbocycles. The molecule has 2 aromatic rings. The second-order valence-corrected chi connectivity index (χ2v) is 3.90. The van der Waals surface area contributed by atoms with Gasteiger partial charge in [-0.2, -0.15) is 5.10 Å². The highest BCUT2D eigenvalue weighted by molar-refractivity contribution is 6.11. The Bertz CT molecular complexity index is 551. The number of hydrogen-bond acceptors (Lipinski definition) is 4. The lowest BCUT2D eigenvalue weighted by Crippen LogP contribution is -2.01. The number of carbonyl (C=O) groups excluding carboxylic acids is 1. The van der Waals surface area contributed by atoms with Gasteiger partial charge in [-0.3, -0.25) is 4.79 Å². The molecule has 2 heterocycles. The van der Waals surface area contributed by atoms with Crippen molar-refractivity contribution in [3.05, 3.63) is 11.3 Å². The molecule has 16 heavy (non-hydrogen) atoms. The van der Waals surface area contributed by atoms with Gasteiger partial charge in [-0.1, -0.05) is 6.92 Å². The lowest BCUT2D eigenvalue weighted by atomic mass is 10.1. The van der Waals surface area contributed by atoms with Crippen molar-refractivity contribution >= 4 is 22.8 Å². The normalized spacial score (nSPS) is 11.2. The fourth-order valence-electron chi connectivity index (χ4n) is 1.95. The van der Waals surface area contributed by atoms with Crippen LogP contribution in [-0.2, 0) is 7.05 Å². The number of ketones is 1. The zero-order chi connectivity index (χ0) is 11.9. The Labute approximate surface area is 93.2 Å². The summed E-state index contributed by atoms with van der Waals surface area (Å²) in [6, 6.07) is 0. The molecular formula is C11H15N3O2. The van der Waals surface area contributed by atoms with Gasteiger partial charge in [0.25, 0.3) is 0 Å². The van der Waals surface area contributed by atoms with Crippen LogP contribution in [0.2, 0.25) is 0 Å². The highest BCUT2D eigenvalue weighted by Crippen LogP contribution is 2.31. The SMILES string of the molecule is CCCC(=O)c1c(N)oc2c1c(C)nn2C. The Morgan fingerprint density at radius 1 is 1.56 bits per heavy atom. The van der Waals surface area contributed by atoms with Crippen molar-refractivity contribution in [1.29, 1.82) is 0 Å². The molecule has 0 aliphatic carbocycles. The molecule has 0 aliphatic rings. The van der Waals surface area contributed by atoms with Gasteiger partial charge >= 0.3 is 0 Å². The number of furan rings is 1. The van der Waals surface area contributed by atoms with Crippen LogP contribution >= 0.6 is 0 Å². The monoisotopic (exact) mass is 221 g/mol. The number of Topliss-reactive ketones (excluding diaryl/α,β-unsaturated/α-hetero) is 1. The van der Waals surface area contributed by atoms with Crippen molar-refractivity contribution < 1.29 is 9.21 Å². The first kappa shape index (κ1) is 10.7. The van der Waals surface area contributed by atoms with Crippen LogP contribution < -0.4 is 5.73 Å². The molecule has 0 radical (unpaired) electrons. The minimum absolute atomic E-state index is 0.0230. The maximum atomic E-state index is 11.9. The van der Waals surface area contributed by atoms with Gasteiger partial charge in [0.05, 0.1) is 16.6 Å². The second-order valence-electron chi connectivity index (χ2n) is 3.90. The largest absolute Gasteiger partial charge is 0.422 e. The first-order valence-corrected chi connectivity index (χ1v) is 5.31. The van der Waals surface area contributed by atoms with Crippen molar-refractivity contribution in [1.82, 2.24) is 9.78 Å². The van der Waals surface area contributed by atoms with E-state index in [9.17, 15) is 4.79 Å². The smallest absolute Gasteiger partial charge is 0.228 e. The van der Waals surface area contributed by atoms with Crippen LogP contribution in [0.1, 0.15) is 35.8 Å². The van der Waals surface area contributed by atoms with Crippen LogP contribution in [0, 0.1) is 6.92 Å². The minimum Gasteiger partial charge on any atom is -0.422 e. The molecule has 0 fully saturated rings. The van der Waals surface area contributed by atoms with Crippen molar-refractivity contribution in [2.24, 2.45) is 7.05 Å². The summed E-state index contributed by atoms with van der Waals surface area (Å²) in [4.78, 5) is 11.9. The Balaban J connectivity index is 2.68. The molecule has 0 atom stereocenters. The van der Waals surface area contributed by atoms with E-state index >= 15 is 0 Å². The number of anilines is 1. The molecule has 0 aliphatic heterocycles. The Hall–Kier alpha value is -1.78. The van der Waals surface area contributed by atoms with Crippen LogP contribution in [0.25, 0.3) is 11.1 Å². The van der Waals surface area contributed by atoms with E-state index in [4.69, 9.17) is 10.2 Å². The molecule has 0 spiro atoms. The molecule has 2 N–H and O–H groups in total. The van der Waals surface area contributed by atoms with E-state index in [-0.39, 0.29) is 11.7 Å². The Kier molecular flexibility index (Phi) is 2.46. The number of hydrogen-bond donors (Lipinski definition) is 1. The molecule has 0 unspecified atom stereocenters. The van der Waals surface area contributed by atoms with E-state index in [0.29, 0.717) is 17.7 Å². The Morgan fingerprint density at radius 3 is 2.88 bits per heavy atom. The predicted molar refractivity (Wildman–Crippen MR) is 61.4 cm³/mol. The quantitative estimate of drug-likeness (QED) is 0.805. The first-order valence-electron chi connectivity index (χ1n) is 5.31. The topological polar surface area (TPSA) is 74.1 Å². The fourth-order valence-corrected chi connectivity index (χ4v) is 1.95. The average molecular weight is 221 g/mol. The number of nitrogens with two attached hydrogens (primary N) is 1. The van der Waals surface area contributed by atoms with Crippen LogP contribution in [0.15, 0.2) is 4.42 Å². The van der Waals surface area contributed by atoms with E-state index in [1.165, 1.54) is 0 Å². The van der Waals surface area contributed by atoms with Gasteiger partial charge in [-0.25, -0.2) is 4.68 Å². The van der Waals surface area contributed by atoms with Crippen LogP contribution in [0.5, 0.6) is 0 Å². The molecule has 2 rings (SSSR count). The summed E-state index contributed by atoms with van der Waals surface area (Å²) in [5, 5.41) is 4.96. The summed E-state index contributed by atoms with van der Waals surface area (Å²) >= 11 is 0. The molecule has 86 valence electrons. The maximum Gasteiger partial charge on any atom is 0.228 e. The third-order valence-electron chi connectivity index (χ3n) is 2.63. The molecule has 0 aromatic carbocycles. The van der Waals surface area contributed by atoms with Gasteiger partial charge < -0.3 is 10.2 Å². The van der Waals surface area contributed by atoms with E-state index < -0.39 is 0 Å². The minimum atomic E-state index is 0.0230. The molecule has 2 aromatic heterocycles. The first-order chi connectivity index (χ1) is 7.56. The van der Waals surface area contributed by atoms with Crippen molar-refractivity contribution in [2.75, 3.05) is 5.73 Å². The molecular weight excluding hydrogens is 206 g/mol. The van der Waals surface area contributed by atoms with Crippen molar-refractivity contribution in [3.63, 3.8) is 0 Å². The Morgan fingerprint density at radius 2 is 2.25 bits per heavy atom. The highest BCUT2D eigenvalue weighted by atomic mass is 16.4. The third-order valence-corrected chi connectivity index (χ3v) is 2.63. The number of fused-ring (bicyclic) bond motifs is 1. The number of nitrogen functional groups attached to an aromatic ring is 1. The van der Waals surface area contributed by atoms with Gasteiger partial charge in [0.1, 0.15) is 0 Å². The standard InChI is InChI=1S/C11H15N3O2/c1-4-5-7(15)9-8-6(2)13-14(3)11(8)16-10(9)12/h4-5,12H2,1-3H3. The molecule has 0 saturated heterocycles. The highest BCUT2D eigenvalue weighted by Gasteiger charge is 2.23. The third kappa shape index (κ3) is 1.39. The zero-order valence-corrected chi connectivity index (χ0v) is 9.70. The van der Waals surface area contributed by atoms with Gasteiger partial charge in [-0.05, 0) is 13.3 Å². The van der Waals surface area contributed by atoms with Crippen LogP contribution in [0.4, 0.5) is 5.88 Å². The number of carbonyl (C=O) groups is 1. The number of aromatic nitrogens is 2. The second kappa shape index (κ2) is 3.66. The summed E-state index contributed by atoms with van der Waals surface area (Å²) in [6.07, 6.45) is 1.28. The predicted octanol–water partition coefficient (Wildman–Crippen LogP) is 2.04. The molecule has 0 bridgehead atoms. The van der Waals surface area contributed by atoms with Crippen LogP contribution in [-0.4, -0.2) is 15.6 Å². The maximum absolute atomic E-state index is 11.9. The lowest BCUT2D eigenvalue weighted by molar-refractivity contribution is 0.0983. The van der Waals surface area contributed by atoms with Crippen molar-refractivity contribution in [3.8, 4) is 0 Å². The summed E-state index contributed by atoms with van der Waals surface area (Å²) in [6.45, 7) is 3.81. The van der Waals surface area contributed by atoms with E-state index in [2.05, 4.69) is 5.10 Å². The molecule has 5 heteroatoms. The summed E-state index contributed by atoms with van der Waals surface area (Å²) in [5.41, 5.74) is 7.57. The molecule has 5 nitrogen and oxygen atoms in total. The summed E-state index contributed by atoms with van der Waals surface area (Å²) in [5.74, 6) is 0.222. The molecule has 0 amide bonds. The van der Waals surface area contributed by atoms with Gasteiger partial charge in [0.15, 0.2) is 5.78 Å². The number of nitrogens with zero attached hydrogens (tertiary/aromatic N) is 2. The van der Waals surface area contributed by atoms with Crippen molar-refractivity contribution in [2.45, 2.75) is 26.7 Å². The van der Waals surface area contributed by atoms with E-state index in [1.54, 1.807) is 11.7 Å². The van der Waals surface area contributed by atoms with E-state index in [0.717, 1.165) is 17.5 Å². The van der Waals surface area contributed by atoms with Gasteiger partial charge in [0, 0.05) is 13.5 Å². The fraction of sp³-hybridized carbons (Fsp3) is 0.455. The lowest BCUT2D eigenvalue weighted by Gasteiger charge is -1.96. The van der Waals surface area contributed by atoms with Gasteiger partial charge in [-0.15, -0.1) is 0 Å². The number of aryl methyl sites for hydroxylation is 2. The number of rotatable bonds is 3.